The molecule has 0 fully saturated rings. The molecule has 2 heterocycles. The fourth-order valence-corrected chi connectivity index (χ4v) is 4.10. The molecule has 1 amide bonds. The number of aromatic nitrogens is 2. The number of aromatic amines is 1. The van der Waals surface area contributed by atoms with Crippen LogP contribution in [0.1, 0.15) is 11.3 Å². The maximum atomic E-state index is 13.4. The van der Waals surface area contributed by atoms with Crippen molar-refractivity contribution in [1.82, 2.24) is 15.3 Å². The van der Waals surface area contributed by atoms with Crippen molar-refractivity contribution in [1.29, 1.82) is 0 Å². The largest absolute Gasteiger partial charge is 0.480 e. The molecule has 0 radical (unpaired) electrons. The number of amides is 1. The third-order valence-corrected chi connectivity index (χ3v) is 5.71. The number of carboxylic acids is 1. The molecule has 1 unspecified atom stereocenters. The summed E-state index contributed by atoms with van der Waals surface area (Å²) in [5, 5.41) is 15.1. The molecular weight excluding hydrogens is 424 g/mol. The molecule has 0 spiro atoms. The fourth-order valence-electron chi connectivity index (χ4n) is 3.27. The van der Waals surface area contributed by atoms with E-state index in [0.717, 1.165) is 5.56 Å². The van der Waals surface area contributed by atoms with Crippen molar-refractivity contribution in [2.24, 2.45) is 0 Å². The van der Waals surface area contributed by atoms with E-state index in [2.05, 4.69) is 15.3 Å². The predicted molar refractivity (Wildman–Crippen MR) is 113 cm³/mol. The summed E-state index contributed by atoms with van der Waals surface area (Å²) in [6.45, 7) is 0. The number of nitrogens with one attached hydrogen (secondary N) is 2. The molecular formula is C22H17F2N3O3S. The van der Waals surface area contributed by atoms with E-state index in [1.54, 1.807) is 29.8 Å². The molecule has 2 aromatic carbocycles. The number of aliphatic carboxylic acids is 1. The maximum Gasteiger partial charge on any atom is 0.326 e. The molecule has 4 rings (SSSR count). The van der Waals surface area contributed by atoms with Crippen LogP contribution in [0.15, 0.2) is 54.0 Å². The third-order valence-electron chi connectivity index (χ3n) is 4.77. The first-order valence-electron chi connectivity index (χ1n) is 9.37. The van der Waals surface area contributed by atoms with Gasteiger partial charge in [0.15, 0.2) is 0 Å². The number of hydrogen-bond donors (Lipinski definition) is 3. The summed E-state index contributed by atoms with van der Waals surface area (Å²) in [4.78, 5) is 31.4. The Bertz CT molecular complexity index is 1250. The number of carbonyl (C=O) groups is 2. The Kier molecular flexibility index (Phi) is 5.77. The van der Waals surface area contributed by atoms with Gasteiger partial charge in [-0.3, -0.25) is 4.79 Å². The number of halogens is 2. The van der Waals surface area contributed by atoms with Crippen molar-refractivity contribution in [3.05, 3.63) is 76.9 Å². The standard InChI is InChI=1S/C22H17F2N3O3S/c23-14-3-1-12(2-4-14)21-26-16(11-31-21)9-20(28)27-19(22(29)30)7-13-10-25-18-8-15(24)5-6-17(13)18/h1-6,8,10-11,19,25H,7,9H2,(H,27,28)(H,29,30). The van der Waals surface area contributed by atoms with Gasteiger partial charge in [-0.25, -0.2) is 18.6 Å². The zero-order valence-corrected chi connectivity index (χ0v) is 16.9. The van der Waals surface area contributed by atoms with Crippen molar-refractivity contribution in [3.63, 3.8) is 0 Å². The lowest BCUT2D eigenvalue weighted by atomic mass is 10.0. The molecule has 4 aromatic rings. The number of H-pyrrole nitrogens is 1. The van der Waals surface area contributed by atoms with Crippen LogP contribution in [0, 0.1) is 11.6 Å². The van der Waals surface area contributed by atoms with Gasteiger partial charge in [-0.2, -0.15) is 0 Å². The summed E-state index contributed by atoms with van der Waals surface area (Å²) in [7, 11) is 0. The zero-order valence-electron chi connectivity index (χ0n) is 16.1. The van der Waals surface area contributed by atoms with E-state index in [9.17, 15) is 23.5 Å². The van der Waals surface area contributed by atoms with Gasteiger partial charge in [0, 0.05) is 34.5 Å². The molecule has 0 aliphatic carbocycles. The lowest BCUT2D eigenvalue weighted by Gasteiger charge is -2.14. The van der Waals surface area contributed by atoms with Crippen molar-refractivity contribution < 1.29 is 23.5 Å². The van der Waals surface area contributed by atoms with Crippen LogP contribution in [0.3, 0.4) is 0 Å². The molecule has 2 aromatic heterocycles. The second-order valence-electron chi connectivity index (χ2n) is 6.99. The highest BCUT2D eigenvalue weighted by Crippen LogP contribution is 2.24. The van der Waals surface area contributed by atoms with Gasteiger partial charge >= 0.3 is 5.97 Å². The first-order valence-corrected chi connectivity index (χ1v) is 10.2. The molecule has 31 heavy (non-hydrogen) atoms. The summed E-state index contributed by atoms with van der Waals surface area (Å²) in [5.41, 5.74) is 2.45. The molecule has 1 atom stereocenters. The summed E-state index contributed by atoms with van der Waals surface area (Å²) >= 11 is 1.32. The van der Waals surface area contributed by atoms with Crippen LogP contribution in [0.25, 0.3) is 21.5 Å². The van der Waals surface area contributed by atoms with Crippen LogP contribution >= 0.6 is 11.3 Å². The Morgan fingerprint density at radius 3 is 2.61 bits per heavy atom. The maximum absolute atomic E-state index is 13.4. The second kappa shape index (κ2) is 8.65. The van der Waals surface area contributed by atoms with Crippen molar-refractivity contribution in [2.45, 2.75) is 18.9 Å². The Morgan fingerprint density at radius 1 is 1.13 bits per heavy atom. The van der Waals surface area contributed by atoms with E-state index in [4.69, 9.17) is 0 Å². The van der Waals surface area contributed by atoms with Gasteiger partial charge in [0.25, 0.3) is 0 Å². The van der Waals surface area contributed by atoms with E-state index in [1.165, 1.54) is 35.6 Å². The molecule has 0 aliphatic heterocycles. The average Bonchev–Trinajstić information content (AvgIpc) is 3.35. The fraction of sp³-hybridized carbons (Fsp3) is 0.136. The first-order chi connectivity index (χ1) is 14.9. The van der Waals surface area contributed by atoms with Gasteiger partial charge in [-0.1, -0.05) is 0 Å². The Labute approximate surface area is 179 Å². The highest BCUT2D eigenvalue weighted by molar-refractivity contribution is 7.13. The monoisotopic (exact) mass is 441 g/mol. The molecule has 9 heteroatoms. The van der Waals surface area contributed by atoms with Gasteiger partial charge < -0.3 is 15.4 Å². The number of benzene rings is 2. The quantitative estimate of drug-likeness (QED) is 0.405. The Balaban J connectivity index is 1.43. The molecule has 0 saturated heterocycles. The number of hydrogen-bond acceptors (Lipinski definition) is 4. The van der Waals surface area contributed by atoms with E-state index < -0.39 is 23.7 Å². The second-order valence-corrected chi connectivity index (χ2v) is 7.85. The smallest absolute Gasteiger partial charge is 0.326 e. The van der Waals surface area contributed by atoms with Crippen LogP contribution in [0.4, 0.5) is 8.78 Å². The molecule has 3 N–H and O–H groups in total. The number of thiazole rings is 1. The zero-order chi connectivity index (χ0) is 22.0. The minimum Gasteiger partial charge on any atom is -0.480 e. The molecule has 158 valence electrons. The Morgan fingerprint density at radius 2 is 1.87 bits per heavy atom. The molecule has 0 bridgehead atoms. The van der Waals surface area contributed by atoms with Crippen molar-refractivity contribution in [2.75, 3.05) is 0 Å². The van der Waals surface area contributed by atoms with E-state index in [-0.39, 0.29) is 18.7 Å². The number of carbonyl (C=O) groups excluding carboxylic acids is 1. The minimum absolute atomic E-state index is 0.0462. The van der Waals surface area contributed by atoms with Crippen LogP contribution in [0.5, 0.6) is 0 Å². The van der Waals surface area contributed by atoms with E-state index in [0.29, 0.717) is 27.2 Å². The normalized spacial score (nSPS) is 12.1. The van der Waals surface area contributed by atoms with Gasteiger partial charge in [-0.15, -0.1) is 11.3 Å². The van der Waals surface area contributed by atoms with Crippen molar-refractivity contribution in [3.8, 4) is 10.6 Å². The summed E-state index contributed by atoms with van der Waals surface area (Å²) in [6, 6.07) is 8.93. The average molecular weight is 441 g/mol. The van der Waals surface area contributed by atoms with Gasteiger partial charge in [0.1, 0.15) is 22.7 Å². The lowest BCUT2D eigenvalue weighted by molar-refractivity contribution is -0.141. The molecule has 0 aliphatic rings. The van der Waals surface area contributed by atoms with E-state index >= 15 is 0 Å². The number of nitrogens with zero attached hydrogens (tertiary/aromatic N) is 1. The predicted octanol–water partition coefficient (Wildman–Crippen LogP) is 3.92. The highest BCUT2D eigenvalue weighted by Gasteiger charge is 2.22. The van der Waals surface area contributed by atoms with Gasteiger partial charge in [0.2, 0.25) is 5.91 Å². The van der Waals surface area contributed by atoms with Gasteiger partial charge in [0.05, 0.1) is 12.1 Å². The Hall–Kier alpha value is -3.59. The minimum atomic E-state index is -1.17. The SMILES string of the molecule is O=C(Cc1csc(-c2ccc(F)cc2)n1)NC(Cc1c[nH]c2cc(F)ccc12)C(=O)O. The highest BCUT2D eigenvalue weighted by atomic mass is 32.1. The van der Waals surface area contributed by atoms with E-state index in [1.807, 2.05) is 0 Å². The number of fused-ring (bicyclic) bond motifs is 1. The van der Waals surface area contributed by atoms with Gasteiger partial charge in [-0.05, 0) is 48.0 Å². The van der Waals surface area contributed by atoms with Crippen LogP contribution < -0.4 is 5.32 Å². The van der Waals surface area contributed by atoms with Crippen molar-refractivity contribution >= 4 is 34.1 Å². The van der Waals surface area contributed by atoms with Crippen LogP contribution in [0.2, 0.25) is 0 Å². The molecule has 0 saturated carbocycles. The summed E-state index contributed by atoms with van der Waals surface area (Å²) in [5.74, 6) is -2.39. The molecule has 6 nitrogen and oxygen atoms in total. The first kappa shape index (κ1) is 20.7. The third kappa shape index (κ3) is 4.77. The lowest BCUT2D eigenvalue weighted by Crippen LogP contribution is -2.43. The van der Waals surface area contributed by atoms with Crippen LogP contribution in [-0.2, 0) is 22.4 Å². The summed E-state index contributed by atoms with van der Waals surface area (Å²) in [6.07, 6.45) is 1.58. The topological polar surface area (TPSA) is 95.1 Å². The summed E-state index contributed by atoms with van der Waals surface area (Å²) < 4.78 is 26.4. The van der Waals surface area contributed by atoms with Crippen LogP contribution in [-0.4, -0.2) is 33.0 Å². The number of carboxylic acid groups (broad SMARTS) is 1. The number of rotatable bonds is 7.